The Kier molecular flexibility index (Phi) is 4.55. The van der Waals surface area contributed by atoms with Gasteiger partial charge in [0.25, 0.3) is 5.91 Å². The minimum Gasteiger partial charge on any atom is -0.490 e. The lowest BCUT2D eigenvalue weighted by atomic mass is 10.2. The standard InChI is InChI=1S/C15H17N3O2/c1-3-10-20-13-6-4-12(5-7-13)15(19)18-11(2)14-16-8-9-17-14/h3-9,11H,1,10H2,2H3,(H,16,17)(H,18,19). The van der Waals surface area contributed by atoms with Crippen molar-refractivity contribution in [2.75, 3.05) is 6.61 Å². The van der Waals surface area contributed by atoms with E-state index in [9.17, 15) is 4.79 Å². The van der Waals surface area contributed by atoms with Crippen LogP contribution in [0.25, 0.3) is 0 Å². The fraction of sp³-hybridized carbons (Fsp3) is 0.200. The first-order valence-corrected chi connectivity index (χ1v) is 6.34. The van der Waals surface area contributed by atoms with Crippen LogP contribution in [0.3, 0.4) is 0 Å². The number of nitrogens with one attached hydrogen (secondary N) is 2. The summed E-state index contributed by atoms with van der Waals surface area (Å²) < 4.78 is 5.37. The molecule has 5 heteroatoms. The molecule has 5 nitrogen and oxygen atoms in total. The van der Waals surface area contributed by atoms with Gasteiger partial charge in [0, 0.05) is 18.0 Å². The summed E-state index contributed by atoms with van der Waals surface area (Å²) in [6.07, 6.45) is 5.05. The Labute approximate surface area is 117 Å². The van der Waals surface area contributed by atoms with Crippen LogP contribution in [-0.2, 0) is 0 Å². The molecular weight excluding hydrogens is 254 g/mol. The molecule has 1 aromatic carbocycles. The summed E-state index contributed by atoms with van der Waals surface area (Å²) in [6.45, 7) is 5.90. The molecule has 1 amide bonds. The molecule has 2 rings (SSSR count). The minimum absolute atomic E-state index is 0.149. The average Bonchev–Trinajstić information content (AvgIpc) is 3.00. The number of benzene rings is 1. The van der Waals surface area contributed by atoms with Crippen LogP contribution in [-0.4, -0.2) is 22.5 Å². The van der Waals surface area contributed by atoms with E-state index in [4.69, 9.17) is 4.74 Å². The lowest BCUT2D eigenvalue weighted by Gasteiger charge is -2.11. The number of hydrogen-bond donors (Lipinski definition) is 2. The van der Waals surface area contributed by atoms with Crippen LogP contribution in [0.2, 0.25) is 0 Å². The summed E-state index contributed by atoms with van der Waals surface area (Å²) in [6, 6.07) is 6.80. The van der Waals surface area contributed by atoms with Crippen LogP contribution in [0.5, 0.6) is 5.75 Å². The van der Waals surface area contributed by atoms with Gasteiger partial charge in [-0.1, -0.05) is 12.7 Å². The van der Waals surface area contributed by atoms with Crippen LogP contribution in [0, 0.1) is 0 Å². The molecule has 0 saturated carbocycles. The van der Waals surface area contributed by atoms with Crippen molar-refractivity contribution in [3.05, 3.63) is 60.7 Å². The van der Waals surface area contributed by atoms with Gasteiger partial charge in [0.1, 0.15) is 18.2 Å². The highest BCUT2D eigenvalue weighted by molar-refractivity contribution is 5.94. The molecule has 0 aliphatic rings. The lowest BCUT2D eigenvalue weighted by Crippen LogP contribution is -2.27. The van der Waals surface area contributed by atoms with Gasteiger partial charge in [-0.2, -0.15) is 0 Å². The Morgan fingerprint density at radius 3 is 2.85 bits per heavy atom. The van der Waals surface area contributed by atoms with Gasteiger partial charge in [-0.3, -0.25) is 4.79 Å². The van der Waals surface area contributed by atoms with E-state index >= 15 is 0 Å². The molecule has 0 radical (unpaired) electrons. The van der Waals surface area contributed by atoms with Gasteiger partial charge in [-0.25, -0.2) is 4.98 Å². The molecule has 0 saturated heterocycles. The third-order valence-electron chi connectivity index (χ3n) is 2.76. The Hall–Kier alpha value is -2.56. The third-order valence-corrected chi connectivity index (χ3v) is 2.76. The van der Waals surface area contributed by atoms with Crippen LogP contribution < -0.4 is 10.1 Å². The lowest BCUT2D eigenvalue weighted by molar-refractivity contribution is 0.0938. The zero-order valence-corrected chi connectivity index (χ0v) is 11.3. The van der Waals surface area contributed by atoms with Gasteiger partial charge in [0.15, 0.2) is 0 Å². The maximum Gasteiger partial charge on any atom is 0.251 e. The molecule has 0 fully saturated rings. The first-order valence-electron chi connectivity index (χ1n) is 6.34. The molecule has 2 aromatic rings. The predicted molar refractivity (Wildman–Crippen MR) is 76.6 cm³/mol. The summed E-state index contributed by atoms with van der Waals surface area (Å²) in [5.41, 5.74) is 0.578. The molecule has 20 heavy (non-hydrogen) atoms. The molecule has 0 aliphatic carbocycles. The highest BCUT2D eigenvalue weighted by Crippen LogP contribution is 2.13. The van der Waals surface area contributed by atoms with Crippen molar-refractivity contribution >= 4 is 5.91 Å². The highest BCUT2D eigenvalue weighted by Gasteiger charge is 2.12. The van der Waals surface area contributed by atoms with Crippen molar-refractivity contribution in [3.8, 4) is 5.75 Å². The fourth-order valence-corrected chi connectivity index (χ4v) is 1.72. The van der Waals surface area contributed by atoms with Crippen LogP contribution in [0.1, 0.15) is 29.1 Å². The quantitative estimate of drug-likeness (QED) is 0.793. The number of H-pyrrole nitrogens is 1. The molecule has 0 spiro atoms. The smallest absolute Gasteiger partial charge is 0.251 e. The van der Waals surface area contributed by atoms with E-state index in [-0.39, 0.29) is 11.9 Å². The molecule has 1 aromatic heterocycles. The normalized spacial score (nSPS) is 11.7. The van der Waals surface area contributed by atoms with E-state index in [1.54, 1.807) is 42.7 Å². The fourth-order valence-electron chi connectivity index (χ4n) is 1.72. The number of rotatable bonds is 6. The van der Waals surface area contributed by atoms with Crippen molar-refractivity contribution in [2.24, 2.45) is 0 Å². The number of nitrogens with zero attached hydrogens (tertiary/aromatic N) is 1. The first-order chi connectivity index (χ1) is 9.70. The Morgan fingerprint density at radius 2 is 2.25 bits per heavy atom. The van der Waals surface area contributed by atoms with Crippen LogP contribution >= 0.6 is 0 Å². The maximum absolute atomic E-state index is 12.1. The third kappa shape index (κ3) is 3.47. The molecule has 0 bridgehead atoms. The zero-order chi connectivity index (χ0) is 14.4. The highest BCUT2D eigenvalue weighted by atomic mass is 16.5. The number of imidazole rings is 1. The molecule has 2 N–H and O–H groups in total. The number of carbonyl (C=O) groups is 1. The van der Waals surface area contributed by atoms with E-state index in [1.807, 2.05) is 6.92 Å². The second-order valence-electron chi connectivity index (χ2n) is 4.29. The van der Waals surface area contributed by atoms with E-state index < -0.39 is 0 Å². The number of amides is 1. The van der Waals surface area contributed by atoms with Gasteiger partial charge >= 0.3 is 0 Å². The summed E-state index contributed by atoms with van der Waals surface area (Å²) >= 11 is 0. The van der Waals surface area contributed by atoms with Gasteiger partial charge in [-0.15, -0.1) is 0 Å². The largest absolute Gasteiger partial charge is 0.490 e. The summed E-state index contributed by atoms with van der Waals surface area (Å²) in [4.78, 5) is 19.1. The Morgan fingerprint density at radius 1 is 1.50 bits per heavy atom. The van der Waals surface area contributed by atoms with Crippen LogP contribution in [0.15, 0.2) is 49.3 Å². The van der Waals surface area contributed by atoms with Gasteiger partial charge in [-0.05, 0) is 31.2 Å². The number of ether oxygens (including phenoxy) is 1. The van der Waals surface area contributed by atoms with Crippen molar-refractivity contribution in [1.29, 1.82) is 0 Å². The second-order valence-corrected chi connectivity index (χ2v) is 4.29. The summed E-state index contributed by atoms with van der Waals surface area (Å²) in [5.74, 6) is 1.29. The average molecular weight is 271 g/mol. The van der Waals surface area contributed by atoms with Gasteiger partial charge in [0.05, 0.1) is 6.04 Å². The number of aromatic amines is 1. The van der Waals surface area contributed by atoms with Crippen molar-refractivity contribution in [3.63, 3.8) is 0 Å². The van der Waals surface area contributed by atoms with E-state index in [1.165, 1.54) is 0 Å². The summed E-state index contributed by atoms with van der Waals surface area (Å²) in [5, 5.41) is 2.87. The number of hydrogen-bond acceptors (Lipinski definition) is 3. The number of aromatic nitrogens is 2. The minimum atomic E-state index is -0.172. The monoisotopic (exact) mass is 271 g/mol. The second kappa shape index (κ2) is 6.56. The van der Waals surface area contributed by atoms with E-state index in [0.29, 0.717) is 17.9 Å². The Balaban J connectivity index is 1.97. The van der Waals surface area contributed by atoms with Crippen LogP contribution in [0.4, 0.5) is 0 Å². The van der Waals surface area contributed by atoms with Crippen molar-refractivity contribution < 1.29 is 9.53 Å². The Bertz CT molecular complexity index is 561. The SMILES string of the molecule is C=CCOc1ccc(C(=O)NC(C)c2ncc[nH]2)cc1. The topological polar surface area (TPSA) is 67.0 Å². The maximum atomic E-state index is 12.1. The van der Waals surface area contributed by atoms with Crippen molar-refractivity contribution in [2.45, 2.75) is 13.0 Å². The number of carbonyl (C=O) groups excluding carboxylic acids is 1. The predicted octanol–water partition coefficient (Wildman–Crippen LogP) is 2.47. The first kappa shape index (κ1) is 13.9. The van der Waals surface area contributed by atoms with E-state index in [2.05, 4.69) is 21.9 Å². The molecular formula is C15H17N3O2. The molecule has 104 valence electrons. The summed E-state index contributed by atoms with van der Waals surface area (Å²) in [7, 11) is 0. The molecule has 1 atom stereocenters. The van der Waals surface area contributed by atoms with Gasteiger partial charge in [0.2, 0.25) is 0 Å². The zero-order valence-electron chi connectivity index (χ0n) is 11.3. The van der Waals surface area contributed by atoms with Crippen molar-refractivity contribution in [1.82, 2.24) is 15.3 Å². The van der Waals surface area contributed by atoms with E-state index in [0.717, 1.165) is 5.82 Å². The molecule has 1 unspecified atom stereocenters. The molecule has 1 heterocycles. The molecule has 0 aliphatic heterocycles. The van der Waals surface area contributed by atoms with Gasteiger partial charge < -0.3 is 15.0 Å².